The molecule has 3 nitrogen and oxygen atoms in total. The van der Waals surface area contributed by atoms with Gasteiger partial charge in [-0.25, -0.2) is 4.39 Å². The summed E-state index contributed by atoms with van der Waals surface area (Å²) in [5.74, 6) is -1.94. The molecule has 0 amide bonds. The Morgan fingerprint density at radius 2 is 1.86 bits per heavy atom. The maximum atomic E-state index is 13.7. The van der Waals surface area contributed by atoms with Gasteiger partial charge in [-0.2, -0.15) is 18.4 Å². The maximum absolute atomic E-state index is 13.7. The summed E-state index contributed by atoms with van der Waals surface area (Å²) in [7, 11) is 1.24. The molecule has 0 aliphatic carbocycles. The van der Waals surface area contributed by atoms with E-state index < -0.39 is 23.3 Å². The third kappa shape index (κ3) is 2.81. The van der Waals surface area contributed by atoms with E-state index in [1.54, 1.807) is 6.07 Å². The van der Waals surface area contributed by atoms with Crippen LogP contribution >= 0.6 is 0 Å². The van der Waals surface area contributed by atoms with Gasteiger partial charge in [-0.3, -0.25) is 0 Å². The minimum atomic E-state index is -4.84. The highest BCUT2D eigenvalue weighted by molar-refractivity contribution is 5.74. The molecule has 0 atom stereocenters. The van der Waals surface area contributed by atoms with Gasteiger partial charge in [0.05, 0.1) is 24.3 Å². The molecule has 0 saturated heterocycles. The van der Waals surface area contributed by atoms with Crippen molar-refractivity contribution < 1.29 is 27.4 Å². The van der Waals surface area contributed by atoms with Crippen LogP contribution in [0.2, 0.25) is 0 Å². The van der Waals surface area contributed by atoms with Crippen molar-refractivity contribution in [1.82, 2.24) is 0 Å². The fourth-order valence-corrected chi connectivity index (χ4v) is 1.97. The third-order valence-corrected chi connectivity index (χ3v) is 3.01. The topological polar surface area (TPSA) is 53.2 Å². The highest BCUT2D eigenvalue weighted by atomic mass is 19.4. The number of rotatable bonds is 2. The molecular weight excluding hydrogens is 302 g/mol. The summed E-state index contributed by atoms with van der Waals surface area (Å²) < 4.78 is 57.1. The molecule has 0 saturated carbocycles. The standard InChI is InChI=1S/C15H9F4NO2/c1-22-13-3-2-9(6-12(13)16)10-4-8(7-20)5-11(14(10)21)15(17,18)19/h2-6,21H,1H3. The molecule has 0 heterocycles. The number of aromatic hydroxyl groups is 1. The zero-order valence-electron chi connectivity index (χ0n) is 11.2. The Morgan fingerprint density at radius 3 is 2.36 bits per heavy atom. The molecule has 0 unspecified atom stereocenters. The summed E-state index contributed by atoms with van der Waals surface area (Å²) in [6.07, 6.45) is -4.84. The SMILES string of the molecule is COc1ccc(-c2cc(C#N)cc(C(F)(F)F)c2O)cc1F. The van der Waals surface area contributed by atoms with Crippen LogP contribution in [0.1, 0.15) is 11.1 Å². The van der Waals surface area contributed by atoms with E-state index in [0.717, 1.165) is 12.1 Å². The van der Waals surface area contributed by atoms with Crippen LogP contribution in [0.15, 0.2) is 30.3 Å². The second-order valence-electron chi connectivity index (χ2n) is 4.38. The van der Waals surface area contributed by atoms with E-state index in [0.29, 0.717) is 6.07 Å². The molecule has 7 heteroatoms. The van der Waals surface area contributed by atoms with Gasteiger partial charge in [0.1, 0.15) is 5.75 Å². The van der Waals surface area contributed by atoms with Gasteiger partial charge in [0.15, 0.2) is 11.6 Å². The van der Waals surface area contributed by atoms with Gasteiger partial charge in [-0.15, -0.1) is 0 Å². The first-order chi connectivity index (χ1) is 10.3. The summed E-state index contributed by atoms with van der Waals surface area (Å²) >= 11 is 0. The summed E-state index contributed by atoms with van der Waals surface area (Å²) in [5.41, 5.74) is -1.93. The first-order valence-corrected chi connectivity index (χ1v) is 5.96. The van der Waals surface area contributed by atoms with Gasteiger partial charge in [0.2, 0.25) is 0 Å². The maximum Gasteiger partial charge on any atom is 0.420 e. The molecule has 1 N–H and O–H groups in total. The van der Waals surface area contributed by atoms with E-state index in [4.69, 9.17) is 10.00 Å². The molecule has 0 bridgehead atoms. The van der Waals surface area contributed by atoms with Crippen molar-refractivity contribution in [3.8, 4) is 28.7 Å². The molecule has 0 aliphatic rings. The number of halogens is 4. The number of phenols is 1. The average Bonchev–Trinajstić information content (AvgIpc) is 2.46. The summed E-state index contributed by atoms with van der Waals surface area (Å²) in [6.45, 7) is 0. The number of alkyl halides is 3. The van der Waals surface area contributed by atoms with Crippen molar-refractivity contribution in [1.29, 1.82) is 5.26 Å². The van der Waals surface area contributed by atoms with E-state index >= 15 is 0 Å². The number of methoxy groups -OCH3 is 1. The first-order valence-electron chi connectivity index (χ1n) is 5.96. The van der Waals surface area contributed by atoms with E-state index in [1.165, 1.54) is 19.2 Å². The van der Waals surface area contributed by atoms with Crippen LogP contribution in [0.3, 0.4) is 0 Å². The molecule has 0 aromatic heterocycles. The van der Waals surface area contributed by atoms with Crippen LogP contribution in [0.5, 0.6) is 11.5 Å². The number of hydrogen-bond donors (Lipinski definition) is 1. The molecule has 22 heavy (non-hydrogen) atoms. The predicted molar refractivity (Wildman–Crippen MR) is 69.8 cm³/mol. The third-order valence-electron chi connectivity index (χ3n) is 3.01. The van der Waals surface area contributed by atoms with E-state index in [-0.39, 0.29) is 22.4 Å². The highest BCUT2D eigenvalue weighted by Crippen LogP contribution is 2.42. The van der Waals surface area contributed by atoms with Gasteiger partial charge in [-0.1, -0.05) is 6.07 Å². The molecule has 0 radical (unpaired) electrons. The second kappa shape index (κ2) is 5.56. The lowest BCUT2D eigenvalue weighted by Gasteiger charge is -2.14. The van der Waals surface area contributed by atoms with E-state index in [2.05, 4.69) is 0 Å². The van der Waals surface area contributed by atoms with Crippen molar-refractivity contribution in [3.63, 3.8) is 0 Å². The van der Waals surface area contributed by atoms with Crippen molar-refractivity contribution in [3.05, 3.63) is 47.3 Å². The molecule has 2 aromatic carbocycles. The Kier molecular flexibility index (Phi) is 3.95. The van der Waals surface area contributed by atoms with Crippen LogP contribution in [-0.2, 0) is 6.18 Å². The lowest BCUT2D eigenvalue weighted by Crippen LogP contribution is -2.06. The molecular formula is C15H9F4NO2. The average molecular weight is 311 g/mol. The summed E-state index contributed by atoms with van der Waals surface area (Å²) in [4.78, 5) is 0. The quantitative estimate of drug-likeness (QED) is 0.850. The Labute approximate surface area is 123 Å². The Hall–Kier alpha value is -2.75. The van der Waals surface area contributed by atoms with E-state index in [9.17, 15) is 22.7 Å². The van der Waals surface area contributed by atoms with Gasteiger partial charge >= 0.3 is 6.18 Å². The molecule has 114 valence electrons. The number of benzene rings is 2. The fourth-order valence-electron chi connectivity index (χ4n) is 1.97. The van der Waals surface area contributed by atoms with Gasteiger partial charge in [0.25, 0.3) is 0 Å². The minimum Gasteiger partial charge on any atom is -0.507 e. The number of phenolic OH excluding ortho intramolecular Hbond substituents is 1. The number of ether oxygens (including phenoxy) is 1. The van der Waals surface area contributed by atoms with Crippen molar-refractivity contribution in [2.24, 2.45) is 0 Å². The monoisotopic (exact) mass is 311 g/mol. The van der Waals surface area contributed by atoms with Crippen molar-refractivity contribution in [2.45, 2.75) is 6.18 Å². The van der Waals surface area contributed by atoms with Crippen LogP contribution in [0, 0.1) is 17.1 Å². The number of hydrogen-bond acceptors (Lipinski definition) is 3. The lowest BCUT2D eigenvalue weighted by molar-refractivity contribution is -0.138. The smallest absolute Gasteiger partial charge is 0.420 e. The summed E-state index contributed by atoms with van der Waals surface area (Å²) in [6, 6.07) is 6.62. The molecule has 0 fully saturated rings. The van der Waals surface area contributed by atoms with Gasteiger partial charge in [-0.05, 0) is 29.8 Å². The van der Waals surface area contributed by atoms with E-state index in [1.807, 2.05) is 0 Å². The Morgan fingerprint density at radius 1 is 1.18 bits per heavy atom. The first kappa shape index (κ1) is 15.6. The Bertz CT molecular complexity index is 763. The molecule has 0 spiro atoms. The van der Waals surface area contributed by atoms with Crippen LogP contribution < -0.4 is 4.74 Å². The predicted octanol–water partition coefficient (Wildman–Crippen LogP) is 4.10. The zero-order valence-corrected chi connectivity index (χ0v) is 11.2. The van der Waals surface area contributed by atoms with Crippen LogP contribution in [0.4, 0.5) is 17.6 Å². The largest absolute Gasteiger partial charge is 0.507 e. The van der Waals surface area contributed by atoms with Crippen molar-refractivity contribution in [2.75, 3.05) is 7.11 Å². The lowest BCUT2D eigenvalue weighted by atomic mass is 9.98. The summed E-state index contributed by atoms with van der Waals surface area (Å²) in [5, 5.41) is 18.7. The zero-order chi connectivity index (χ0) is 16.5. The second-order valence-corrected chi connectivity index (χ2v) is 4.38. The van der Waals surface area contributed by atoms with Crippen LogP contribution in [0.25, 0.3) is 11.1 Å². The normalized spacial score (nSPS) is 11.1. The van der Waals surface area contributed by atoms with Crippen LogP contribution in [-0.4, -0.2) is 12.2 Å². The minimum absolute atomic E-state index is 0.00148. The number of nitrogens with zero attached hydrogens (tertiary/aromatic N) is 1. The van der Waals surface area contributed by atoms with Crippen molar-refractivity contribution >= 4 is 0 Å². The molecule has 2 aromatic rings. The molecule has 2 rings (SSSR count). The Balaban J connectivity index is 2.70. The number of nitriles is 1. The highest BCUT2D eigenvalue weighted by Gasteiger charge is 2.35. The van der Waals surface area contributed by atoms with Gasteiger partial charge < -0.3 is 9.84 Å². The van der Waals surface area contributed by atoms with Gasteiger partial charge in [0, 0.05) is 5.56 Å². The fraction of sp³-hybridized carbons (Fsp3) is 0.133. The molecule has 0 aliphatic heterocycles.